The second-order valence-corrected chi connectivity index (χ2v) is 3.97. The third-order valence-corrected chi connectivity index (χ3v) is 2.05. The van der Waals surface area contributed by atoms with Crippen LogP contribution in [0.2, 0.25) is 0 Å². The predicted molar refractivity (Wildman–Crippen MR) is 51.2 cm³/mol. The number of carbonyl (C=O) groups excluding carboxylic acids is 1. The van der Waals surface area contributed by atoms with Crippen molar-refractivity contribution in [3.8, 4) is 0 Å². The molecule has 66 valence electrons. The predicted octanol–water partition coefficient (Wildman–Crippen LogP) is 1.42. The average molecular weight is 184 g/mol. The van der Waals surface area contributed by atoms with Gasteiger partial charge in [-0.3, -0.25) is 4.79 Å². The first-order valence-electron chi connectivity index (χ1n) is 3.62. The van der Waals surface area contributed by atoms with Gasteiger partial charge in [-0.2, -0.15) is 11.3 Å². The minimum atomic E-state index is -0.818. The highest BCUT2D eigenvalue weighted by atomic mass is 32.1. The van der Waals surface area contributed by atoms with Crippen molar-refractivity contribution in [3.05, 3.63) is 16.8 Å². The van der Waals surface area contributed by atoms with E-state index in [4.69, 9.17) is 5.73 Å². The van der Waals surface area contributed by atoms with Gasteiger partial charge in [0, 0.05) is 5.38 Å². The number of thiophene rings is 1. The van der Waals surface area contributed by atoms with Crippen molar-refractivity contribution in [2.75, 3.05) is 5.32 Å². The summed E-state index contributed by atoms with van der Waals surface area (Å²) in [5.41, 5.74) is 5.58. The van der Waals surface area contributed by atoms with Gasteiger partial charge in [0.05, 0.1) is 11.2 Å². The topological polar surface area (TPSA) is 55.1 Å². The molecule has 1 aromatic heterocycles. The Hall–Kier alpha value is -0.870. The molecule has 0 saturated carbocycles. The van der Waals surface area contributed by atoms with E-state index in [1.165, 1.54) is 11.3 Å². The Balaban J connectivity index is 2.60. The average Bonchev–Trinajstić information content (AvgIpc) is 2.37. The lowest BCUT2D eigenvalue weighted by molar-refractivity contribution is -0.120. The summed E-state index contributed by atoms with van der Waals surface area (Å²) in [7, 11) is 0. The van der Waals surface area contributed by atoms with Gasteiger partial charge in [-0.15, -0.1) is 0 Å². The largest absolute Gasteiger partial charge is 0.324 e. The van der Waals surface area contributed by atoms with Gasteiger partial charge in [0.25, 0.3) is 0 Å². The minimum absolute atomic E-state index is 0.166. The molecule has 0 unspecified atom stereocenters. The molecule has 4 heteroatoms. The van der Waals surface area contributed by atoms with Crippen LogP contribution >= 0.6 is 11.3 Å². The first-order chi connectivity index (χ1) is 5.50. The van der Waals surface area contributed by atoms with E-state index in [2.05, 4.69) is 5.32 Å². The molecule has 0 atom stereocenters. The van der Waals surface area contributed by atoms with Crippen LogP contribution in [0.3, 0.4) is 0 Å². The van der Waals surface area contributed by atoms with Crippen molar-refractivity contribution in [3.63, 3.8) is 0 Å². The molecule has 0 aliphatic rings. The maximum atomic E-state index is 11.3. The number of nitrogens with one attached hydrogen (secondary N) is 1. The first kappa shape index (κ1) is 9.22. The molecule has 1 amide bonds. The fourth-order valence-electron chi connectivity index (χ4n) is 0.628. The Morgan fingerprint density at radius 2 is 2.33 bits per heavy atom. The van der Waals surface area contributed by atoms with Gasteiger partial charge in [-0.25, -0.2) is 0 Å². The Morgan fingerprint density at radius 1 is 1.67 bits per heavy atom. The Bertz CT molecular complexity index is 261. The normalized spacial score (nSPS) is 11.2. The van der Waals surface area contributed by atoms with Crippen LogP contribution in [0.25, 0.3) is 0 Å². The maximum Gasteiger partial charge on any atom is 0.243 e. The van der Waals surface area contributed by atoms with Crippen molar-refractivity contribution < 1.29 is 4.79 Å². The molecule has 3 nitrogen and oxygen atoms in total. The molecule has 3 N–H and O–H groups in total. The lowest BCUT2D eigenvalue weighted by atomic mass is 10.1. The summed E-state index contributed by atoms with van der Waals surface area (Å²) in [6.07, 6.45) is 0. The number of anilines is 1. The Kier molecular flexibility index (Phi) is 2.49. The van der Waals surface area contributed by atoms with E-state index in [0.29, 0.717) is 0 Å². The zero-order chi connectivity index (χ0) is 9.19. The van der Waals surface area contributed by atoms with E-state index in [-0.39, 0.29) is 5.91 Å². The fraction of sp³-hybridized carbons (Fsp3) is 0.375. The molecule has 0 fully saturated rings. The maximum absolute atomic E-state index is 11.3. The summed E-state index contributed by atoms with van der Waals surface area (Å²) in [6, 6.07) is 1.84. The van der Waals surface area contributed by atoms with Crippen LogP contribution in [0, 0.1) is 0 Å². The van der Waals surface area contributed by atoms with Crippen LogP contribution in [0.1, 0.15) is 13.8 Å². The standard InChI is InChI=1S/C8H12N2OS/c1-8(2,9)7(11)10-6-3-4-12-5-6/h3-5H,9H2,1-2H3,(H,10,11). The molecule has 12 heavy (non-hydrogen) atoms. The third kappa shape index (κ3) is 2.32. The van der Waals surface area contributed by atoms with Gasteiger partial charge in [0.15, 0.2) is 0 Å². The second-order valence-electron chi connectivity index (χ2n) is 3.19. The minimum Gasteiger partial charge on any atom is -0.324 e. The molecule has 1 aromatic rings. The van der Waals surface area contributed by atoms with Crippen LogP contribution in [0.15, 0.2) is 16.8 Å². The van der Waals surface area contributed by atoms with Gasteiger partial charge in [0.2, 0.25) is 5.91 Å². The molecule has 0 spiro atoms. The smallest absolute Gasteiger partial charge is 0.243 e. The van der Waals surface area contributed by atoms with Crippen LogP contribution in [0.5, 0.6) is 0 Å². The monoisotopic (exact) mass is 184 g/mol. The lowest BCUT2D eigenvalue weighted by Crippen LogP contribution is -2.45. The van der Waals surface area contributed by atoms with Crippen molar-refractivity contribution in [1.82, 2.24) is 0 Å². The van der Waals surface area contributed by atoms with Crippen LogP contribution < -0.4 is 11.1 Å². The van der Waals surface area contributed by atoms with Crippen molar-refractivity contribution in [2.24, 2.45) is 5.73 Å². The number of rotatable bonds is 2. The highest BCUT2D eigenvalue weighted by molar-refractivity contribution is 7.08. The van der Waals surface area contributed by atoms with E-state index in [1.807, 2.05) is 16.8 Å². The van der Waals surface area contributed by atoms with Crippen LogP contribution in [-0.4, -0.2) is 11.4 Å². The van der Waals surface area contributed by atoms with Crippen molar-refractivity contribution >= 4 is 22.9 Å². The van der Waals surface area contributed by atoms with Crippen molar-refractivity contribution in [1.29, 1.82) is 0 Å². The highest BCUT2D eigenvalue weighted by Gasteiger charge is 2.21. The summed E-state index contributed by atoms with van der Waals surface area (Å²) < 4.78 is 0. The quantitative estimate of drug-likeness (QED) is 0.730. The van der Waals surface area contributed by atoms with Gasteiger partial charge < -0.3 is 11.1 Å². The summed E-state index contributed by atoms with van der Waals surface area (Å²) in [5, 5.41) is 6.47. The molecule has 0 bridgehead atoms. The van der Waals surface area contributed by atoms with Gasteiger partial charge >= 0.3 is 0 Å². The summed E-state index contributed by atoms with van der Waals surface area (Å²) >= 11 is 1.54. The van der Waals surface area contributed by atoms with Gasteiger partial charge in [0.1, 0.15) is 0 Å². The number of carbonyl (C=O) groups is 1. The highest BCUT2D eigenvalue weighted by Crippen LogP contribution is 2.13. The number of hydrogen-bond acceptors (Lipinski definition) is 3. The SMILES string of the molecule is CC(C)(N)C(=O)Nc1ccsc1. The molecular weight excluding hydrogens is 172 g/mol. The lowest BCUT2D eigenvalue weighted by Gasteiger charge is -2.16. The molecule has 1 rings (SSSR count). The number of hydrogen-bond donors (Lipinski definition) is 2. The molecule has 1 heterocycles. The fourth-order valence-corrected chi connectivity index (χ4v) is 1.22. The summed E-state index contributed by atoms with van der Waals surface area (Å²) in [6.45, 7) is 3.35. The summed E-state index contributed by atoms with van der Waals surface area (Å²) in [4.78, 5) is 11.3. The van der Waals surface area contributed by atoms with Gasteiger partial charge in [-0.1, -0.05) is 0 Å². The van der Waals surface area contributed by atoms with Crippen LogP contribution in [0.4, 0.5) is 5.69 Å². The van der Waals surface area contributed by atoms with Crippen molar-refractivity contribution in [2.45, 2.75) is 19.4 Å². The van der Waals surface area contributed by atoms with E-state index < -0.39 is 5.54 Å². The van der Waals surface area contributed by atoms with E-state index in [0.717, 1.165) is 5.69 Å². The Labute approximate surface area is 75.6 Å². The second kappa shape index (κ2) is 3.25. The van der Waals surface area contributed by atoms with E-state index in [1.54, 1.807) is 13.8 Å². The van der Waals surface area contributed by atoms with Gasteiger partial charge in [-0.05, 0) is 25.3 Å². The molecule has 0 aromatic carbocycles. The number of amides is 1. The zero-order valence-electron chi connectivity index (χ0n) is 7.13. The van der Waals surface area contributed by atoms with Crippen LogP contribution in [-0.2, 0) is 4.79 Å². The third-order valence-electron chi connectivity index (χ3n) is 1.36. The molecule has 0 aliphatic heterocycles. The summed E-state index contributed by atoms with van der Waals surface area (Å²) in [5.74, 6) is -0.166. The first-order valence-corrected chi connectivity index (χ1v) is 4.57. The number of nitrogens with two attached hydrogens (primary N) is 1. The van der Waals surface area contributed by atoms with E-state index >= 15 is 0 Å². The zero-order valence-corrected chi connectivity index (χ0v) is 7.94. The molecule has 0 saturated heterocycles. The molecule has 0 aliphatic carbocycles. The van der Waals surface area contributed by atoms with E-state index in [9.17, 15) is 4.79 Å². The molecule has 0 radical (unpaired) electrons. The molecular formula is C8H12N2OS. The Morgan fingerprint density at radius 3 is 2.75 bits per heavy atom.